The summed E-state index contributed by atoms with van der Waals surface area (Å²) in [6.45, 7) is 4.09. The topological polar surface area (TPSA) is 89.7 Å². The van der Waals surface area contributed by atoms with Crippen molar-refractivity contribution in [3.05, 3.63) is 29.7 Å². The van der Waals surface area contributed by atoms with Crippen LogP contribution in [0.5, 0.6) is 0 Å². The lowest BCUT2D eigenvalue weighted by Gasteiger charge is -2.29. The first-order valence-corrected chi connectivity index (χ1v) is 7.28. The summed E-state index contributed by atoms with van der Waals surface area (Å²) in [5.74, 6) is 0.698. The number of fused-ring (bicyclic) bond motifs is 1. The molecule has 2 aliphatic rings. The maximum absolute atomic E-state index is 10.4. The lowest BCUT2D eigenvalue weighted by Crippen LogP contribution is -2.43. The molecule has 1 saturated carbocycles. The third-order valence-corrected chi connectivity index (χ3v) is 5.07. The minimum absolute atomic E-state index is 0.254. The summed E-state index contributed by atoms with van der Waals surface area (Å²) in [5.41, 5.74) is -0.0233. The number of aliphatic hydroxyl groups excluding tert-OH is 3. The lowest BCUT2D eigenvalue weighted by atomic mass is 9.85. The first-order valence-electron chi connectivity index (χ1n) is 6.90. The van der Waals surface area contributed by atoms with Crippen LogP contribution in [0.1, 0.15) is 12.0 Å². The molecule has 0 radical (unpaired) electrons. The number of hydrogen-bond acceptors (Lipinski definition) is 6. The second kappa shape index (κ2) is 5.21. The van der Waals surface area contributed by atoms with Crippen molar-refractivity contribution in [2.45, 2.75) is 31.1 Å². The number of aromatic nitrogens is 2. The van der Waals surface area contributed by atoms with E-state index >= 15 is 0 Å². The van der Waals surface area contributed by atoms with Crippen LogP contribution in [0.3, 0.4) is 0 Å². The monoisotopic (exact) mass is 311 g/mol. The smallest absolute Gasteiger partial charge is 0.137 e. The van der Waals surface area contributed by atoms with Gasteiger partial charge in [-0.3, -0.25) is 0 Å². The minimum atomic E-state index is -1.05. The standard InChI is InChI=1S/C14H18ClN3O3/c1-2-14(6-19)5-9(10(20)11(14)21)18-4-3-8-12(15)16-7-17-13(8)18/h2,7,9-11,19-21H,1,3-6H2/t9-,10+,11+,14+/m1/s1. The fourth-order valence-electron chi connectivity index (χ4n) is 3.41. The highest BCUT2D eigenvalue weighted by Crippen LogP contribution is 2.44. The summed E-state index contributed by atoms with van der Waals surface area (Å²) in [4.78, 5) is 10.2. The highest BCUT2D eigenvalue weighted by Gasteiger charge is 2.53. The number of aliphatic hydroxyl groups is 3. The van der Waals surface area contributed by atoms with Crippen molar-refractivity contribution < 1.29 is 15.3 Å². The van der Waals surface area contributed by atoms with Gasteiger partial charge in [0.15, 0.2) is 0 Å². The molecule has 1 aliphatic carbocycles. The quantitative estimate of drug-likeness (QED) is 0.544. The van der Waals surface area contributed by atoms with Crippen molar-refractivity contribution in [3.8, 4) is 0 Å². The highest BCUT2D eigenvalue weighted by atomic mass is 35.5. The van der Waals surface area contributed by atoms with E-state index in [9.17, 15) is 15.3 Å². The zero-order valence-corrected chi connectivity index (χ0v) is 12.2. The summed E-state index contributed by atoms with van der Waals surface area (Å²) in [6, 6.07) is -0.336. The van der Waals surface area contributed by atoms with E-state index in [-0.39, 0.29) is 12.6 Å². The Labute approximate surface area is 127 Å². The predicted octanol–water partition coefficient (Wildman–Crippen LogP) is 0.151. The van der Waals surface area contributed by atoms with Crippen LogP contribution in [0.15, 0.2) is 19.0 Å². The minimum Gasteiger partial charge on any atom is -0.395 e. The van der Waals surface area contributed by atoms with E-state index in [1.165, 1.54) is 12.4 Å². The molecule has 6 nitrogen and oxygen atoms in total. The molecule has 0 amide bonds. The van der Waals surface area contributed by atoms with E-state index in [0.717, 1.165) is 5.56 Å². The molecule has 1 aromatic rings. The van der Waals surface area contributed by atoms with Gasteiger partial charge in [-0.05, 0) is 12.8 Å². The summed E-state index contributed by atoms with van der Waals surface area (Å²) in [5, 5.41) is 30.7. The Morgan fingerprint density at radius 2 is 2.24 bits per heavy atom. The molecule has 1 aromatic heterocycles. The van der Waals surface area contributed by atoms with Gasteiger partial charge in [-0.2, -0.15) is 0 Å². The molecule has 114 valence electrons. The van der Waals surface area contributed by atoms with E-state index in [2.05, 4.69) is 16.5 Å². The van der Waals surface area contributed by atoms with Gasteiger partial charge in [0.05, 0.1) is 18.8 Å². The fourth-order valence-corrected chi connectivity index (χ4v) is 3.63. The molecule has 1 fully saturated rings. The van der Waals surface area contributed by atoms with Gasteiger partial charge in [-0.25, -0.2) is 9.97 Å². The van der Waals surface area contributed by atoms with Crippen LogP contribution in [-0.2, 0) is 6.42 Å². The van der Waals surface area contributed by atoms with Crippen LogP contribution in [0.25, 0.3) is 0 Å². The van der Waals surface area contributed by atoms with Gasteiger partial charge in [-0.15, -0.1) is 6.58 Å². The Hall–Kier alpha value is -1.21. The van der Waals surface area contributed by atoms with E-state index in [4.69, 9.17) is 11.6 Å². The molecule has 21 heavy (non-hydrogen) atoms. The fraction of sp³-hybridized carbons (Fsp3) is 0.571. The molecule has 2 heterocycles. The average molecular weight is 312 g/mol. The Kier molecular flexibility index (Phi) is 3.65. The normalized spacial score (nSPS) is 35.0. The number of hydrogen-bond donors (Lipinski definition) is 3. The zero-order valence-electron chi connectivity index (χ0n) is 11.5. The molecule has 0 aromatic carbocycles. The van der Waals surface area contributed by atoms with Crippen molar-refractivity contribution in [1.82, 2.24) is 9.97 Å². The largest absolute Gasteiger partial charge is 0.395 e. The van der Waals surface area contributed by atoms with Crippen molar-refractivity contribution >= 4 is 17.4 Å². The molecule has 3 N–H and O–H groups in total. The molecule has 0 bridgehead atoms. The zero-order chi connectivity index (χ0) is 15.2. The average Bonchev–Trinajstić information content (AvgIpc) is 3.02. The predicted molar refractivity (Wildman–Crippen MR) is 78.2 cm³/mol. The molecular formula is C14H18ClN3O3. The van der Waals surface area contributed by atoms with Gasteiger partial charge in [-0.1, -0.05) is 17.7 Å². The number of halogens is 1. The van der Waals surface area contributed by atoms with E-state index in [0.29, 0.717) is 30.4 Å². The second-order valence-electron chi connectivity index (χ2n) is 5.71. The Balaban J connectivity index is 1.94. The van der Waals surface area contributed by atoms with Crippen molar-refractivity contribution in [2.24, 2.45) is 5.41 Å². The van der Waals surface area contributed by atoms with Crippen molar-refractivity contribution in [2.75, 3.05) is 18.1 Å². The summed E-state index contributed by atoms with van der Waals surface area (Å²) >= 11 is 6.07. The van der Waals surface area contributed by atoms with Crippen LogP contribution in [0.4, 0.5) is 5.82 Å². The third kappa shape index (κ3) is 2.05. The molecule has 1 aliphatic heterocycles. The maximum Gasteiger partial charge on any atom is 0.137 e. The first kappa shape index (κ1) is 14.7. The first-order chi connectivity index (χ1) is 10.0. The molecule has 0 unspecified atom stereocenters. The molecule has 0 spiro atoms. The van der Waals surface area contributed by atoms with Crippen LogP contribution in [-0.4, -0.2) is 56.7 Å². The van der Waals surface area contributed by atoms with Crippen LogP contribution in [0.2, 0.25) is 5.15 Å². The van der Waals surface area contributed by atoms with E-state index < -0.39 is 17.6 Å². The van der Waals surface area contributed by atoms with Gasteiger partial charge >= 0.3 is 0 Å². The SMILES string of the molecule is C=C[C@@]1(CO)C[C@@H](N2CCc3c(Cl)ncnc32)[C@H](O)[C@@H]1O. The van der Waals surface area contributed by atoms with Crippen LogP contribution >= 0.6 is 11.6 Å². The van der Waals surface area contributed by atoms with E-state index in [1.54, 1.807) is 0 Å². The van der Waals surface area contributed by atoms with Crippen LogP contribution in [0, 0.1) is 5.41 Å². The van der Waals surface area contributed by atoms with Gasteiger partial charge in [0.25, 0.3) is 0 Å². The van der Waals surface area contributed by atoms with Gasteiger partial charge in [0.1, 0.15) is 23.4 Å². The van der Waals surface area contributed by atoms with Gasteiger partial charge < -0.3 is 20.2 Å². The van der Waals surface area contributed by atoms with E-state index in [1.807, 2.05) is 4.90 Å². The number of nitrogens with zero attached hydrogens (tertiary/aromatic N) is 3. The third-order valence-electron chi connectivity index (χ3n) is 4.74. The van der Waals surface area contributed by atoms with Gasteiger partial charge in [0, 0.05) is 17.5 Å². The number of rotatable bonds is 3. The Morgan fingerprint density at radius 3 is 2.86 bits per heavy atom. The molecule has 3 rings (SSSR count). The van der Waals surface area contributed by atoms with Crippen molar-refractivity contribution in [1.29, 1.82) is 0 Å². The van der Waals surface area contributed by atoms with Crippen molar-refractivity contribution in [3.63, 3.8) is 0 Å². The summed E-state index contributed by atoms with van der Waals surface area (Å²) < 4.78 is 0. The molecular weight excluding hydrogens is 294 g/mol. The Morgan fingerprint density at radius 1 is 1.48 bits per heavy atom. The molecule has 0 saturated heterocycles. The Bertz CT molecular complexity index is 570. The second-order valence-corrected chi connectivity index (χ2v) is 6.07. The highest BCUT2D eigenvalue weighted by molar-refractivity contribution is 6.30. The molecule has 7 heteroatoms. The maximum atomic E-state index is 10.4. The molecule has 4 atom stereocenters. The summed E-state index contributed by atoms with van der Waals surface area (Å²) in [6.07, 6.45) is 2.01. The summed E-state index contributed by atoms with van der Waals surface area (Å²) in [7, 11) is 0. The van der Waals surface area contributed by atoms with Gasteiger partial charge in [0.2, 0.25) is 0 Å². The lowest BCUT2D eigenvalue weighted by molar-refractivity contribution is -0.0250. The number of anilines is 1. The van der Waals surface area contributed by atoms with Crippen LogP contribution < -0.4 is 4.90 Å².